The molecule has 7 atom stereocenters. The van der Waals surface area contributed by atoms with Gasteiger partial charge in [-0.25, -0.2) is 0 Å². The number of carbonyl (C=O) groups excluding carboxylic acids is 1. The summed E-state index contributed by atoms with van der Waals surface area (Å²) in [6.45, 7) is 4.78. The normalized spacial score (nSPS) is 56.5. The van der Waals surface area contributed by atoms with Gasteiger partial charge in [0.2, 0.25) is 0 Å². The van der Waals surface area contributed by atoms with Crippen molar-refractivity contribution >= 4 is 5.78 Å². The van der Waals surface area contributed by atoms with Gasteiger partial charge in [-0.2, -0.15) is 0 Å². The van der Waals surface area contributed by atoms with E-state index < -0.39 is 0 Å². The molecule has 0 aliphatic heterocycles. The first kappa shape index (κ1) is 14.2. The van der Waals surface area contributed by atoms with E-state index in [9.17, 15) is 9.90 Å². The lowest BCUT2D eigenvalue weighted by Gasteiger charge is -2.60. The maximum absolute atomic E-state index is 12.4. The molecule has 21 heavy (non-hydrogen) atoms. The molecule has 1 N–H and O–H groups in total. The first-order chi connectivity index (χ1) is 9.95. The first-order valence-electron chi connectivity index (χ1n) is 9.16. The fourth-order valence-corrected chi connectivity index (χ4v) is 7.01. The van der Waals surface area contributed by atoms with Gasteiger partial charge in [0.25, 0.3) is 0 Å². The van der Waals surface area contributed by atoms with E-state index in [1.807, 2.05) is 0 Å². The number of carbonyl (C=O) groups is 1. The summed E-state index contributed by atoms with van der Waals surface area (Å²) >= 11 is 0. The summed E-state index contributed by atoms with van der Waals surface area (Å²) in [5, 5.41) is 10.0. The van der Waals surface area contributed by atoms with Crippen LogP contribution in [0.25, 0.3) is 0 Å². The van der Waals surface area contributed by atoms with Crippen LogP contribution in [0.2, 0.25) is 0 Å². The molecule has 4 fully saturated rings. The minimum atomic E-state index is -0.0541. The summed E-state index contributed by atoms with van der Waals surface area (Å²) in [5.74, 6) is 3.54. The van der Waals surface area contributed by atoms with E-state index >= 15 is 0 Å². The van der Waals surface area contributed by atoms with Gasteiger partial charge in [-0.15, -0.1) is 0 Å². The number of aliphatic hydroxyl groups is 1. The highest BCUT2D eigenvalue weighted by Crippen LogP contribution is 2.65. The Kier molecular flexibility index (Phi) is 3.10. The minimum Gasteiger partial charge on any atom is -0.393 e. The van der Waals surface area contributed by atoms with E-state index in [0.29, 0.717) is 17.1 Å². The lowest BCUT2D eigenvalue weighted by atomic mass is 9.45. The van der Waals surface area contributed by atoms with Crippen LogP contribution in [-0.4, -0.2) is 17.0 Å². The Bertz CT molecular complexity index is 458. The van der Waals surface area contributed by atoms with Crippen LogP contribution in [0.3, 0.4) is 0 Å². The van der Waals surface area contributed by atoms with Crippen molar-refractivity contribution in [2.24, 2.45) is 34.5 Å². The summed E-state index contributed by atoms with van der Waals surface area (Å²) in [6.07, 6.45) is 10.1. The van der Waals surface area contributed by atoms with Crippen LogP contribution in [0, 0.1) is 34.5 Å². The van der Waals surface area contributed by atoms with Crippen LogP contribution < -0.4 is 0 Å². The van der Waals surface area contributed by atoms with E-state index in [2.05, 4.69) is 13.8 Å². The maximum atomic E-state index is 12.4. The average Bonchev–Trinajstić information content (AvgIpc) is 2.76. The molecule has 4 aliphatic carbocycles. The number of rotatable bonds is 0. The number of hydrogen-bond donors (Lipinski definition) is 1. The van der Waals surface area contributed by atoms with Crippen LogP contribution in [0.4, 0.5) is 0 Å². The summed E-state index contributed by atoms with van der Waals surface area (Å²) in [5.41, 5.74) is 0.452. The van der Waals surface area contributed by atoms with Crippen LogP contribution in [0.1, 0.15) is 71.6 Å². The smallest absolute Gasteiger partial charge is 0.139 e. The molecule has 0 unspecified atom stereocenters. The highest BCUT2D eigenvalue weighted by molar-refractivity contribution is 5.87. The predicted molar refractivity (Wildman–Crippen MR) is 82.7 cm³/mol. The van der Waals surface area contributed by atoms with E-state index in [0.717, 1.165) is 49.9 Å². The quantitative estimate of drug-likeness (QED) is 0.733. The molecule has 0 saturated heterocycles. The maximum Gasteiger partial charge on any atom is 0.139 e. The standard InChI is InChI=1S/C19H30O2/c1-18-9-7-13(20)11-12(18)3-4-14-15-5-6-17(21)19(15,2)10-8-16(14)18/h12-16,20H,3-11H2,1-2H3/t12-,13-,14+,15-,16+,18+,19+/m1/s1. The second-order valence-electron chi connectivity index (χ2n) is 9.00. The van der Waals surface area contributed by atoms with Gasteiger partial charge in [0.05, 0.1) is 6.10 Å². The molecule has 4 saturated carbocycles. The van der Waals surface area contributed by atoms with Crippen molar-refractivity contribution < 1.29 is 9.90 Å². The van der Waals surface area contributed by atoms with E-state index in [1.165, 1.54) is 25.7 Å². The van der Waals surface area contributed by atoms with Gasteiger partial charge in [0.1, 0.15) is 5.78 Å². The van der Waals surface area contributed by atoms with E-state index in [-0.39, 0.29) is 11.5 Å². The molecule has 0 spiro atoms. The Morgan fingerprint density at radius 2 is 1.81 bits per heavy atom. The number of Topliss-reactive ketones (excluding diaryl/α,β-unsaturated/α-hetero) is 1. The molecule has 0 aromatic carbocycles. The summed E-state index contributed by atoms with van der Waals surface area (Å²) < 4.78 is 0. The van der Waals surface area contributed by atoms with Gasteiger partial charge in [0, 0.05) is 11.8 Å². The zero-order valence-electron chi connectivity index (χ0n) is 13.6. The second kappa shape index (κ2) is 4.57. The second-order valence-corrected chi connectivity index (χ2v) is 9.00. The van der Waals surface area contributed by atoms with E-state index in [4.69, 9.17) is 0 Å². The van der Waals surface area contributed by atoms with Crippen molar-refractivity contribution in [2.75, 3.05) is 0 Å². The molecule has 0 bridgehead atoms. The fourth-order valence-electron chi connectivity index (χ4n) is 7.01. The number of hydrogen-bond acceptors (Lipinski definition) is 2. The lowest BCUT2D eigenvalue weighted by molar-refractivity contribution is -0.142. The Morgan fingerprint density at radius 3 is 2.62 bits per heavy atom. The molecular weight excluding hydrogens is 260 g/mol. The molecule has 4 aliphatic rings. The highest BCUT2D eigenvalue weighted by atomic mass is 16.3. The van der Waals surface area contributed by atoms with Crippen molar-refractivity contribution in [3.05, 3.63) is 0 Å². The lowest BCUT2D eigenvalue weighted by Crippen LogP contribution is -2.54. The zero-order chi connectivity index (χ0) is 14.8. The van der Waals surface area contributed by atoms with Crippen molar-refractivity contribution in [1.82, 2.24) is 0 Å². The zero-order valence-corrected chi connectivity index (χ0v) is 13.6. The van der Waals surface area contributed by atoms with Gasteiger partial charge in [0.15, 0.2) is 0 Å². The van der Waals surface area contributed by atoms with Crippen LogP contribution in [-0.2, 0) is 4.79 Å². The van der Waals surface area contributed by atoms with Crippen LogP contribution in [0.15, 0.2) is 0 Å². The number of fused-ring (bicyclic) bond motifs is 5. The van der Waals surface area contributed by atoms with Gasteiger partial charge in [-0.1, -0.05) is 13.8 Å². The van der Waals surface area contributed by atoms with Crippen molar-refractivity contribution in [3.63, 3.8) is 0 Å². The van der Waals surface area contributed by atoms with Gasteiger partial charge >= 0.3 is 0 Å². The first-order valence-corrected chi connectivity index (χ1v) is 9.16. The minimum absolute atomic E-state index is 0.0124. The predicted octanol–water partition coefficient (Wildman–Crippen LogP) is 3.96. The molecule has 0 aromatic rings. The summed E-state index contributed by atoms with van der Waals surface area (Å²) in [4.78, 5) is 12.4. The molecular formula is C19H30O2. The summed E-state index contributed by atoms with van der Waals surface area (Å²) in [7, 11) is 0. The molecule has 0 radical (unpaired) electrons. The van der Waals surface area contributed by atoms with Gasteiger partial charge < -0.3 is 5.11 Å². The number of ketones is 1. The van der Waals surface area contributed by atoms with Crippen LogP contribution >= 0.6 is 0 Å². The molecule has 2 heteroatoms. The SMILES string of the molecule is C[C@]12CC[C@@H](O)C[C@H]1CC[C@H]1[C@H]3CCC(=O)[C@@]3(C)CC[C@@H]12. The average molecular weight is 290 g/mol. The Morgan fingerprint density at radius 1 is 1.00 bits per heavy atom. The molecule has 2 nitrogen and oxygen atoms in total. The number of aliphatic hydroxyl groups excluding tert-OH is 1. The third-order valence-electron chi connectivity index (χ3n) is 8.35. The van der Waals surface area contributed by atoms with Gasteiger partial charge in [-0.3, -0.25) is 4.79 Å². The molecule has 0 aromatic heterocycles. The molecule has 4 rings (SSSR count). The van der Waals surface area contributed by atoms with Crippen LogP contribution in [0.5, 0.6) is 0 Å². The Balaban J connectivity index is 1.64. The molecule has 118 valence electrons. The highest BCUT2D eigenvalue weighted by Gasteiger charge is 2.60. The fraction of sp³-hybridized carbons (Fsp3) is 0.947. The third kappa shape index (κ3) is 1.84. The largest absolute Gasteiger partial charge is 0.393 e. The summed E-state index contributed by atoms with van der Waals surface area (Å²) in [6, 6.07) is 0. The molecule has 0 amide bonds. The van der Waals surface area contributed by atoms with Gasteiger partial charge in [-0.05, 0) is 80.5 Å². The van der Waals surface area contributed by atoms with Crippen molar-refractivity contribution in [1.29, 1.82) is 0 Å². The van der Waals surface area contributed by atoms with E-state index in [1.54, 1.807) is 0 Å². The third-order valence-corrected chi connectivity index (χ3v) is 8.35. The van der Waals surface area contributed by atoms with Crippen molar-refractivity contribution in [2.45, 2.75) is 77.7 Å². The van der Waals surface area contributed by atoms with Crippen molar-refractivity contribution in [3.8, 4) is 0 Å². The topological polar surface area (TPSA) is 37.3 Å². The monoisotopic (exact) mass is 290 g/mol. The molecule has 0 heterocycles. The Hall–Kier alpha value is -0.370. The Labute approximate surface area is 128 Å².